The number of carbonyl (C=O) groups excluding carboxylic acids is 2. The van der Waals surface area contributed by atoms with Crippen LogP contribution in [0, 0.1) is 0 Å². The average molecular weight is 455 g/mol. The van der Waals surface area contributed by atoms with Crippen molar-refractivity contribution in [2.24, 2.45) is 0 Å². The molecule has 6 nitrogen and oxygen atoms in total. The number of halogens is 2. The summed E-state index contributed by atoms with van der Waals surface area (Å²) in [6.45, 7) is 2.66. The van der Waals surface area contributed by atoms with Gasteiger partial charge in [0.15, 0.2) is 0 Å². The van der Waals surface area contributed by atoms with E-state index in [0.29, 0.717) is 28.7 Å². The number of hydrogen-bond donors (Lipinski definition) is 2. The maximum Gasteiger partial charge on any atom is 0.238 e. The predicted molar refractivity (Wildman–Crippen MR) is 112 cm³/mol. The highest BCUT2D eigenvalue weighted by atomic mass is 79.9. The summed E-state index contributed by atoms with van der Waals surface area (Å²) in [5, 5.41) is 6.00. The van der Waals surface area contributed by atoms with Gasteiger partial charge in [-0.3, -0.25) is 14.5 Å². The summed E-state index contributed by atoms with van der Waals surface area (Å²) in [5.74, 6) is 0.128. The molecule has 0 heterocycles. The molecule has 0 aliphatic rings. The molecule has 0 aliphatic carbocycles. The van der Waals surface area contributed by atoms with Gasteiger partial charge in [0, 0.05) is 15.8 Å². The summed E-state index contributed by atoms with van der Waals surface area (Å²) in [4.78, 5) is 26.2. The van der Waals surface area contributed by atoms with Crippen LogP contribution >= 0.6 is 27.5 Å². The van der Waals surface area contributed by atoms with Crippen molar-refractivity contribution < 1.29 is 14.3 Å². The zero-order chi connectivity index (χ0) is 19.8. The Hall–Kier alpha value is -2.09. The second-order valence-corrected chi connectivity index (χ2v) is 7.08. The van der Waals surface area contributed by atoms with Gasteiger partial charge in [-0.25, -0.2) is 0 Å². The number of methoxy groups -OCH3 is 1. The van der Waals surface area contributed by atoms with Gasteiger partial charge in [0.05, 0.1) is 25.2 Å². The molecule has 0 aromatic heterocycles. The van der Waals surface area contributed by atoms with Gasteiger partial charge in [0.1, 0.15) is 5.75 Å². The molecule has 2 N–H and O–H groups in total. The van der Waals surface area contributed by atoms with Crippen molar-refractivity contribution in [2.75, 3.05) is 37.4 Å². The lowest BCUT2D eigenvalue weighted by Crippen LogP contribution is -2.38. The Bertz CT molecular complexity index is 799. The fraction of sp³-hybridized carbons (Fsp3) is 0.263. The summed E-state index contributed by atoms with van der Waals surface area (Å²) in [6, 6.07) is 12.3. The number of benzene rings is 2. The fourth-order valence-corrected chi connectivity index (χ4v) is 2.89. The summed E-state index contributed by atoms with van der Waals surface area (Å²) in [6.07, 6.45) is 0. The molecule has 0 saturated heterocycles. The molecule has 0 aliphatic heterocycles. The zero-order valence-electron chi connectivity index (χ0n) is 15.1. The van der Waals surface area contributed by atoms with Crippen LogP contribution in [0.4, 0.5) is 11.4 Å². The first-order valence-corrected chi connectivity index (χ1v) is 9.49. The quantitative estimate of drug-likeness (QED) is 0.632. The van der Waals surface area contributed by atoms with E-state index in [1.54, 1.807) is 35.2 Å². The molecule has 0 fully saturated rings. The van der Waals surface area contributed by atoms with E-state index in [0.717, 1.165) is 4.47 Å². The number of nitrogens with one attached hydrogen (secondary N) is 2. The summed E-state index contributed by atoms with van der Waals surface area (Å²) in [5.41, 5.74) is 1.28. The lowest BCUT2D eigenvalue weighted by atomic mass is 10.3. The Morgan fingerprint density at radius 3 is 2.11 bits per heavy atom. The molecule has 144 valence electrons. The Morgan fingerprint density at radius 1 is 1.04 bits per heavy atom. The van der Waals surface area contributed by atoms with Crippen molar-refractivity contribution in [3.05, 3.63) is 52.0 Å². The third-order valence-electron chi connectivity index (χ3n) is 3.75. The molecular formula is C19H21BrClN3O3. The van der Waals surface area contributed by atoms with Crippen LogP contribution in [0.1, 0.15) is 6.92 Å². The van der Waals surface area contributed by atoms with Crippen LogP contribution in [0.15, 0.2) is 46.9 Å². The van der Waals surface area contributed by atoms with E-state index >= 15 is 0 Å². The van der Waals surface area contributed by atoms with E-state index in [1.165, 1.54) is 7.11 Å². The van der Waals surface area contributed by atoms with Crippen molar-refractivity contribution in [2.45, 2.75) is 6.92 Å². The lowest BCUT2D eigenvalue weighted by Gasteiger charge is -2.19. The largest absolute Gasteiger partial charge is 0.495 e. The van der Waals surface area contributed by atoms with Crippen molar-refractivity contribution in [3.63, 3.8) is 0 Å². The van der Waals surface area contributed by atoms with Crippen LogP contribution in [0.3, 0.4) is 0 Å². The van der Waals surface area contributed by atoms with E-state index in [-0.39, 0.29) is 24.9 Å². The topological polar surface area (TPSA) is 70.7 Å². The molecule has 0 saturated carbocycles. The molecule has 2 amide bonds. The normalized spacial score (nSPS) is 10.6. The second-order valence-electron chi connectivity index (χ2n) is 5.76. The Kier molecular flexibility index (Phi) is 8.09. The number of carbonyl (C=O) groups is 2. The summed E-state index contributed by atoms with van der Waals surface area (Å²) in [7, 11) is 1.53. The van der Waals surface area contributed by atoms with Crippen LogP contribution < -0.4 is 15.4 Å². The molecule has 2 aromatic rings. The Balaban J connectivity index is 1.87. The predicted octanol–water partition coefficient (Wildman–Crippen LogP) is 4.01. The van der Waals surface area contributed by atoms with Crippen LogP contribution in [-0.4, -0.2) is 43.5 Å². The van der Waals surface area contributed by atoms with Gasteiger partial charge in [-0.05, 0) is 49.0 Å². The Labute approximate surface area is 172 Å². The first-order valence-electron chi connectivity index (χ1n) is 8.32. The van der Waals surface area contributed by atoms with E-state index < -0.39 is 0 Å². The van der Waals surface area contributed by atoms with Crippen molar-refractivity contribution in [1.29, 1.82) is 0 Å². The molecule has 27 heavy (non-hydrogen) atoms. The minimum absolute atomic E-state index is 0.0912. The molecular weight excluding hydrogens is 434 g/mol. The zero-order valence-corrected chi connectivity index (χ0v) is 17.4. The van der Waals surface area contributed by atoms with Crippen molar-refractivity contribution in [3.8, 4) is 5.75 Å². The molecule has 0 spiro atoms. The van der Waals surface area contributed by atoms with Gasteiger partial charge in [0.25, 0.3) is 0 Å². The van der Waals surface area contributed by atoms with Crippen LogP contribution in [0.5, 0.6) is 5.75 Å². The van der Waals surface area contributed by atoms with Crippen molar-refractivity contribution >= 4 is 50.7 Å². The number of amides is 2. The molecule has 0 unspecified atom stereocenters. The third-order valence-corrected chi connectivity index (χ3v) is 4.57. The van der Waals surface area contributed by atoms with Gasteiger partial charge in [-0.2, -0.15) is 0 Å². The van der Waals surface area contributed by atoms with Gasteiger partial charge in [0.2, 0.25) is 11.8 Å². The van der Waals surface area contributed by atoms with E-state index in [9.17, 15) is 9.59 Å². The van der Waals surface area contributed by atoms with E-state index in [1.807, 2.05) is 19.1 Å². The summed E-state index contributed by atoms with van der Waals surface area (Å²) >= 11 is 9.41. The first kappa shape index (κ1) is 21.2. The highest BCUT2D eigenvalue weighted by Gasteiger charge is 2.14. The monoisotopic (exact) mass is 453 g/mol. The number of likely N-dealkylation sites (N-methyl/N-ethyl adjacent to an activating group) is 1. The maximum atomic E-state index is 12.3. The van der Waals surface area contributed by atoms with E-state index in [4.69, 9.17) is 16.3 Å². The molecule has 8 heteroatoms. The standard InChI is InChI=1S/C19H21BrClN3O3/c1-3-24(11-18(25)22-14-6-4-13(20)5-7-14)12-19(26)23-15-8-9-17(27-2)16(21)10-15/h4-10H,3,11-12H2,1-2H3,(H,22,25)(H,23,26). The highest BCUT2D eigenvalue weighted by Crippen LogP contribution is 2.27. The molecule has 0 atom stereocenters. The second kappa shape index (κ2) is 10.3. The van der Waals surface area contributed by atoms with Crippen LogP contribution in [0.25, 0.3) is 0 Å². The fourth-order valence-electron chi connectivity index (χ4n) is 2.36. The van der Waals surface area contributed by atoms with Gasteiger partial charge in [-0.15, -0.1) is 0 Å². The minimum atomic E-state index is -0.227. The smallest absolute Gasteiger partial charge is 0.238 e. The van der Waals surface area contributed by atoms with Gasteiger partial charge in [-0.1, -0.05) is 34.5 Å². The lowest BCUT2D eigenvalue weighted by molar-refractivity contribution is -0.119. The SMILES string of the molecule is CCN(CC(=O)Nc1ccc(Br)cc1)CC(=O)Nc1ccc(OC)c(Cl)c1. The maximum absolute atomic E-state index is 12.3. The minimum Gasteiger partial charge on any atom is -0.495 e. The number of nitrogens with zero attached hydrogens (tertiary/aromatic N) is 1. The van der Waals surface area contributed by atoms with Gasteiger partial charge < -0.3 is 15.4 Å². The molecule has 2 rings (SSSR count). The van der Waals surface area contributed by atoms with Crippen LogP contribution in [0.2, 0.25) is 5.02 Å². The van der Waals surface area contributed by atoms with E-state index in [2.05, 4.69) is 26.6 Å². The molecule has 0 radical (unpaired) electrons. The summed E-state index contributed by atoms with van der Waals surface area (Å²) < 4.78 is 6.02. The number of hydrogen-bond acceptors (Lipinski definition) is 4. The van der Waals surface area contributed by atoms with Crippen molar-refractivity contribution in [1.82, 2.24) is 4.90 Å². The first-order chi connectivity index (χ1) is 12.9. The molecule has 0 bridgehead atoms. The Morgan fingerprint density at radius 2 is 1.59 bits per heavy atom. The highest BCUT2D eigenvalue weighted by molar-refractivity contribution is 9.10. The molecule has 2 aromatic carbocycles. The number of anilines is 2. The van der Waals surface area contributed by atoms with Gasteiger partial charge >= 0.3 is 0 Å². The average Bonchev–Trinajstić information content (AvgIpc) is 2.63. The number of rotatable bonds is 8. The third kappa shape index (κ3) is 6.86. The number of ether oxygens (including phenoxy) is 1. The van der Waals surface area contributed by atoms with Crippen LogP contribution in [-0.2, 0) is 9.59 Å².